The molecule has 0 aromatic carbocycles. The van der Waals surface area contributed by atoms with E-state index in [0.717, 1.165) is 38.3 Å². The van der Waals surface area contributed by atoms with Gasteiger partial charge in [-0.2, -0.15) is 0 Å². The molecule has 0 amide bonds. The van der Waals surface area contributed by atoms with Gasteiger partial charge in [0.05, 0.1) is 13.2 Å². The molecule has 3 fully saturated rings. The van der Waals surface area contributed by atoms with Gasteiger partial charge in [0.2, 0.25) is 0 Å². The summed E-state index contributed by atoms with van der Waals surface area (Å²) in [6.45, 7) is 7.61. The summed E-state index contributed by atoms with van der Waals surface area (Å²) in [5.74, 6) is 0.726. The topological polar surface area (TPSA) is 33.7 Å². The van der Waals surface area contributed by atoms with Gasteiger partial charge in [-0.1, -0.05) is 0 Å². The first kappa shape index (κ1) is 14.8. The number of hydrogen-bond acceptors (Lipinski definition) is 4. The molecule has 1 aliphatic carbocycles. The Morgan fingerprint density at radius 3 is 2.95 bits per heavy atom. The van der Waals surface area contributed by atoms with Crippen molar-refractivity contribution < 1.29 is 9.47 Å². The summed E-state index contributed by atoms with van der Waals surface area (Å²) in [6.07, 6.45) is 6.61. The van der Waals surface area contributed by atoms with Gasteiger partial charge in [0.1, 0.15) is 0 Å². The predicted octanol–water partition coefficient (Wildman–Crippen LogP) is 1.50. The first-order valence-corrected chi connectivity index (χ1v) is 8.32. The quantitative estimate of drug-likeness (QED) is 0.767. The lowest BCUT2D eigenvalue weighted by Gasteiger charge is -2.39. The fourth-order valence-electron chi connectivity index (χ4n) is 3.76. The first-order valence-electron chi connectivity index (χ1n) is 8.32. The fraction of sp³-hybridized carbons (Fsp3) is 1.00. The molecule has 3 rings (SSSR count). The van der Waals surface area contributed by atoms with Crippen molar-refractivity contribution in [2.45, 2.75) is 38.1 Å². The van der Waals surface area contributed by atoms with Gasteiger partial charge in [0.25, 0.3) is 0 Å². The number of methoxy groups -OCH3 is 1. The zero-order chi connectivity index (χ0) is 13.8. The third-order valence-electron chi connectivity index (χ3n) is 5.09. The van der Waals surface area contributed by atoms with E-state index in [9.17, 15) is 0 Å². The van der Waals surface area contributed by atoms with Crippen LogP contribution < -0.4 is 5.32 Å². The van der Waals surface area contributed by atoms with Crippen LogP contribution in [0.4, 0.5) is 0 Å². The first-order chi connectivity index (χ1) is 9.80. The van der Waals surface area contributed by atoms with Gasteiger partial charge in [-0.25, -0.2) is 0 Å². The molecule has 20 heavy (non-hydrogen) atoms. The van der Waals surface area contributed by atoms with Crippen LogP contribution in [-0.4, -0.2) is 64.1 Å². The standard InChI is InChI=1S/C16H30N2O2/c1-19-10-14-3-2-7-18(9-14)12-16(6-8-20-13-16)11-17-15-4-5-15/h14-15,17H,2-13H2,1H3. The highest BCUT2D eigenvalue weighted by Gasteiger charge is 2.38. The minimum absolute atomic E-state index is 0.359. The van der Waals surface area contributed by atoms with Crippen LogP contribution in [-0.2, 0) is 9.47 Å². The van der Waals surface area contributed by atoms with Crippen LogP contribution in [0.2, 0.25) is 0 Å². The van der Waals surface area contributed by atoms with E-state index in [1.54, 1.807) is 0 Å². The van der Waals surface area contributed by atoms with E-state index in [0.29, 0.717) is 5.41 Å². The predicted molar refractivity (Wildman–Crippen MR) is 79.9 cm³/mol. The maximum atomic E-state index is 5.74. The van der Waals surface area contributed by atoms with E-state index in [4.69, 9.17) is 9.47 Å². The molecule has 4 heteroatoms. The Bertz CT molecular complexity index is 299. The summed E-state index contributed by atoms with van der Waals surface area (Å²) in [6, 6.07) is 0.801. The number of ether oxygens (including phenoxy) is 2. The van der Waals surface area contributed by atoms with Gasteiger partial charge in [-0.05, 0) is 44.6 Å². The number of hydrogen-bond donors (Lipinski definition) is 1. The summed E-state index contributed by atoms with van der Waals surface area (Å²) in [7, 11) is 1.82. The van der Waals surface area contributed by atoms with Gasteiger partial charge in [0, 0.05) is 44.8 Å². The molecule has 4 nitrogen and oxygen atoms in total. The molecule has 3 aliphatic rings. The van der Waals surface area contributed by atoms with E-state index in [1.807, 2.05) is 7.11 Å². The van der Waals surface area contributed by atoms with Crippen LogP contribution in [0.5, 0.6) is 0 Å². The summed E-state index contributed by atoms with van der Waals surface area (Å²) in [5.41, 5.74) is 0.359. The fourth-order valence-corrected chi connectivity index (χ4v) is 3.76. The third kappa shape index (κ3) is 3.94. The SMILES string of the molecule is COCC1CCCN(CC2(CNC3CC3)CCOC2)C1. The lowest BCUT2D eigenvalue weighted by Crippen LogP contribution is -2.48. The van der Waals surface area contributed by atoms with E-state index < -0.39 is 0 Å². The van der Waals surface area contributed by atoms with Crippen molar-refractivity contribution >= 4 is 0 Å². The molecular formula is C16H30N2O2. The monoisotopic (exact) mass is 282 g/mol. The molecule has 2 atom stereocenters. The van der Waals surface area contributed by atoms with Crippen LogP contribution >= 0.6 is 0 Å². The Labute approximate surface area is 123 Å². The van der Waals surface area contributed by atoms with Gasteiger partial charge in [-0.15, -0.1) is 0 Å². The summed E-state index contributed by atoms with van der Waals surface area (Å²) >= 11 is 0. The zero-order valence-corrected chi connectivity index (χ0v) is 12.9. The van der Waals surface area contributed by atoms with Crippen molar-refractivity contribution in [3.8, 4) is 0 Å². The van der Waals surface area contributed by atoms with Gasteiger partial charge >= 0.3 is 0 Å². The molecule has 0 spiro atoms. The second-order valence-electron chi connectivity index (χ2n) is 7.16. The summed E-state index contributed by atoms with van der Waals surface area (Å²) in [4.78, 5) is 2.66. The van der Waals surface area contributed by atoms with Crippen LogP contribution in [0.25, 0.3) is 0 Å². The maximum absolute atomic E-state index is 5.74. The van der Waals surface area contributed by atoms with Crippen molar-refractivity contribution in [2.24, 2.45) is 11.3 Å². The zero-order valence-electron chi connectivity index (χ0n) is 12.9. The molecule has 2 aliphatic heterocycles. The maximum Gasteiger partial charge on any atom is 0.0547 e. The minimum atomic E-state index is 0.359. The molecule has 0 aromatic heterocycles. The molecule has 116 valence electrons. The Hall–Kier alpha value is -0.160. The Morgan fingerprint density at radius 1 is 1.35 bits per heavy atom. The molecule has 1 saturated carbocycles. The van der Waals surface area contributed by atoms with E-state index >= 15 is 0 Å². The Kier molecular flexibility index (Phi) is 4.97. The number of nitrogens with zero attached hydrogens (tertiary/aromatic N) is 1. The van der Waals surface area contributed by atoms with Crippen LogP contribution in [0.1, 0.15) is 32.1 Å². The van der Waals surface area contributed by atoms with Crippen LogP contribution in [0.3, 0.4) is 0 Å². The molecule has 2 unspecified atom stereocenters. The smallest absolute Gasteiger partial charge is 0.0547 e. The molecule has 0 bridgehead atoms. The molecule has 0 aromatic rings. The highest BCUT2D eigenvalue weighted by Crippen LogP contribution is 2.32. The molecule has 0 radical (unpaired) electrons. The Morgan fingerprint density at radius 2 is 2.25 bits per heavy atom. The second-order valence-corrected chi connectivity index (χ2v) is 7.16. The van der Waals surface area contributed by atoms with Gasteiger partial charge in [-0.3, -0.25) is 0 Å². The van der Waals surface area contributed by atoms with Crippen LogP contribution in [0, 0.1) is 11.3 Å². The normalized spacial score (nSPS) is 35.5. The van der Waals surface area contributed by atoms with Crippen molar-refractivity contribution in [3.63, 3.8) is 0 Å². The average molecular weight is 282 g/mol. The average Bonchev–Trinajstić information content (AvgIpc) is 3.18. The molecule has 2 saturated heterocycles. The highest BCUT2D eigenvalue weighted by atomic mass is 16.5. The van der Waals surface area contributed by atoms with Crippen molar-refractivity contribution in [2.75, 3.05) is 53.1 Å². The van der Waals surface area contributed by atoms with Crippen molar-refractivity contribution in [1.29, 1.82) is 0 Å². The Balaban J connectivity index is 1.52. The van der Waals surface area contributed by atoms with E-state index in [2.05, 4.69) is 10.2 Å². The third-order valence-corrected chi connectivity index (χ3v) is 5.09. The number of likely N-dealkylation sites (tertiary alicyclic amines) is 1. The second kappa shape index (κ2) is 6.73. The molecular weight excluding hydrogens is 252 g/mol. The van der Waals surface area contributed by atoms with E-state index in [-0.39, 0.29) is 0 Å². The molecule has 2 heterocycles. The number of rotatable bonds is 7. The number of nitrogens with one attached hydrogen (secondary N) is 1. The highest BCUT2D eigenvalue weighted by molar-refractivity contribution is 4.92. The van der Waals surface area contributed by atoms with Gasteiger partial charge in [0.15, 0.2) is 0 Å². The lowest BCUT2D eigenvalue weighted by atomic mass is 9.85. The summed E-state index contributed by atoms with van der Waals surface area (Å²) < 4.78 is 11.1. The minimum Gasteiger partial charge on any atom is -0.384 e. The largest absolute Gasteiger partial charge is 0.384 e. The summed E-state index contributed by atoms with van der Waals surface area (Å²) in [5, 5.41) is 3.73. The lowest BCUT2D eigenvalue weighted by molar-refractivity contribution is 0.0551. The number of piperidine rings is 1. The van der Waals surface area contributed by atoms with Gasteiger partial charge < -0.3 is 19.7 Å². The van der Waals surface area contributed by atoms with Crippen molar-refractivity contribution in [1.82, 2.24) is 10.2 Å². The van der Waals surface area contributed by atoms with E-state index in [1.165, 1.54) is 51.7 Å². The van der Waals surface area contributed by atoms with Crippen LogP contribution in [0.15, 0.2) is 0 Å². The van der Waals surface area contributed by atoms with Crippen molar-refractivity contribution in [3.05, 3.63) is 0 Å². The molecule has 1 N–H and O–H groups in total.